The summed E-state index contributed by atoms with van der Waals surface area (Å²) >= 11 is 0. The van der Waals surface area contributed by atoms with Crippen LogP contribution in [0.1, 0.15) is 53.4 Å². The van der Waals surface area contributed by atoms with Gasteiger partial charge in [0.1, 0.15) is 0 Å². The van der Waals surface area contributed by atoms with E-state index in [0.29, 0.717) is 6.42 Å². The topological polar surface area (TPSA) is 37.3 Å². The molecule has 0 saturated carbocycles. The fourth-order valence-electron chi connectivity index (χ4n) is 1.91. The molecule has 0 heterocycles. The van der Waals surface area contributed by atoms with Crippen LogP contribution >= 0.6 is 0 Å². The number of allylic oxidation sites excluding steroid dienone is 3. The van der Waals surface area contributed by atoms with E-state index in [0.717, 1.165) is 24.8 Å². The molecule has 17 heavy (non-hydrogen) atoms. The van der Waals surface area contributed by atoms with Gasteiger partial charge in [0.05, 0.1) is 5.92 Å². The van der Waals surface area contributed by atoms with E-state index in [1.54, 1.807) is 0 Å². The number of rotatable bonds is 8. The number of carboxylic acids is 1. The zero-order valence-electron chi connectivity index (χ0n) is 11.6. The van der Waals surface area contributed by atoms with Crippen LogP contribution in [0.15, 0.2) is 23.8 Å². The minimum Gasteiger partial charge on any atom is -0.481 e. The average Bonchev–Trinajstić information content (AvgIpc) is 2.21. The quantitative estimate of drug-likeness (QED) is 0.635. The van der Waals surface area contributed by atoms with E-state index >= 15 is 0 Å². The normalized spacial score (nSPS) is 13.9. The van der Waals surface area contributed by atoms with Crippen LogP contribution in [0.25, 0.3) is 0 Å². The van der Waals surface area contributed by atoms with Crippen LogP contribution in [0, 0.1) is 11.8 Å². The van der Waals surface area contributed by atoms with Crippen molar-refractivity contribution in [2.24, 2.45) is 11.8 Å². The lowest BCUT2D eigenvalue weighted by Crippen LogP contribution is -2.18. The average molecular weight is 238 g/mol. The Morgan fingerprint density at radius 2 is 1.88 bits per heavy atom. The number of aliphatic carboxylic acids is 1. The Morgan fingerprint density at radius 1 is 1.29 bits per heavy atom. The maximum atomic E-state index is 11.1. The summed E-state index contributed by atoms with van der Waals surface area (Å²) in [6.45, 7) is 12.1. The SMILES string of the molecule is C=C(C)C(CC=C(C)C)CC(CCC)C(=O)O. The number of carboxylic acid groups (broad SMARTS) is 1. The summed E-state index contributed by atoms with van der Waals surface area (Å²) in [5.74, 6) is -0.611. The fourth-order valence-corrected chi connectivity index (χ4v) is 1.91. The van der Waals surface area contributed by atoms with Crippen LogP contribution in [0.3, 0.4) is 0 Å². The molecular formula is C15H26O2. The summed E-state index contributed by atoms with van der Waals surface area (Å²) in [5.41, 5.74) is 2.36. The Hall–Kier alpha value is -1.05. The van der Waals surface area contributed by atoms with E-state index in [2.05, 4.69) is 26.5 Å². The monoisotopic (exact) mass is 238 g/mol. The van der Waals surface area contributed by atoms with Crippen molar-refractivity contribution < 1.29 is 9.90 Å². The van der Waals surface area contributed by atoms with Crippen LogP contribution < -0.4 is 0 Å². The first-order chi connectivity index (χ1) is 7.88. The summed E-state index contributed by atoms with van der Waals surface area (Å²) in [7, 11) is 0. The van der Waals surface area contributed by atoms with Gasteiger partial charge in [-0.05, 0) is 46.0 Å². The lowest BCUT2D eigenvalue weighted by molar-refractivity contribution is -0.142. The summed E-state index contributed by atoms with van der Waals surface area (Å²) < 4.78 is 0. The highest BCUT2D eigenvalue weighted by Crippen LogP contribution is 2.26. The number of carbonyl (C=O) groups is 1. The summed E-state index contributed by atoms with van der Waals surface area (Å²) in [6.07, 6.45) is 5.47. The predicted octanol–water partition coefficient (Wildman–Crippen LogP) is 4.43. The van der Waals surface area contributed by atoms with Gasteiger partial charge in [0, 0.05) is 0 Å². The smallest absolute Gasteiger partial charge is 0.306 e. The molecule has 0 spiro atoms. The number of hydrogen-bond donors (Lipinski definition) is 1. The highest BCUT2D eigenvalue weighted by molar-refractivity contribution is 5.69. The van der Waals surface area contributed by atoms with Crippen LogP contribution in [-0.2, 0) is 4.79 Å². The largest absolute Gasteiger partial charge is 0.481 e. The Labute approximate surface area is 105 Å². The molecule has 98 valence electrons. The van der Waals surface area contributed by atoms with Gasteiger partial charge in [0.2, 0.25) is 0 Å². The molecule has 0 rings (SSSR count). The zero-order valence-corrected chi connectivity index (χ0v) is 11.6. The maximum Gasteiger partial charge on any atom is 0.306 e. The van der Waals surface area contributed by atoms with Crippen molar-refractivity contribution in [3.05, 3.63) is 23.8 Å². The first kappa shape index (κ1) is 16.0. The van der Waals surface area contributed by atoms with Crippen molar-refractivity contribution in [2.45, 2.75) is 53.4 Å². The molecule has 0 aliphatic carbocycles. The van der Waals surface area contributed by atoms with Crippen molar-refractivity contribution in [2.75, 3.05) is 0 Å². The fraction of sp³-hybridized carbons (Fsp3) is 0.667. The second kappa shape index (κ2) is 8.10. The van der Waals surface area contributed by atoms with Crippen LogP contribution in [0.2, 0.25) is 0 Å². The summed E-state index contributed by atoms with van der Waals surface area (Å²) in [5, 5.41) is 9.17. The van der Waals surface area contributed by atoms with Crippen LogP contribution in [-0.4, -0.2) is 11.1 Å². The first-order valence-electron chi connectivity index (χ1n) is 6.40. The van der Waals surface area contributed by atoms with E-state index in [-0.39, 0.29) is 11.8 Å². The molecule has 2 unspecified atom stereocenters. The van der Waals surface area contributed by atoms with Gasteiger partial charge in [-0.15, -0.1) is 0 Å². The van der Waals surface area contributed by atoms with Crippen molar-refractivity contribution in [1.29, 1.82) is 0 Å². The highest BCUT2D eigenvalue weighted by Gasteiger charge is 2.21. The van der Waals surface area contributed by atoms with Gasteiger partial charge in [-0.2, -0.15) is 0 Å². The van der Waals surface area contributed by atoms with Crippen molar-refractivity contribution in [3.8, 4) is 0 Å². The van der Waals surface area contributed by atoms with Crippen molar-refractivity contribution in [3.63, 3.8) is 0 Å². The molecule has 0 aromatic rings. The molecule has 0 aromatic carbocycles. The molecule has 0 amide bonds. The molecule has 0 saturated heterocycles. The minimum absolute atomic E-state index is 0.229. The molecule has 0 fully saturated rings. The molecular weight excluding hydrogens is 212 g/mol. The Balaban J connectivity index is 4.55. The van der Waals surface area contributed by atoms with E-state index in [4.69, 9.17) is 5.11 Å². The molecule has 2 atom stereocenters. The molecule has 0 aromatic heterocycles. The Kier molecular flexibility index (Phi) is 7.60. The Bertz CT molecular complexity index is 285. The minimum atomic E-state index is -0.671. The molecule has 1 N–H and O–H groups in total. The van der Waals surface area contributed by atoms with Crippen molar-refractivity contribution in [1.82, 2.24) is 0 Å². The van der Waals surface area contributed by atoms with E-state index in [1.807, 2.05) is 13.8 Å². The second-order valence-corrected chi connectivity index (χ2v) is 5.12. The van der Waals surface area contributed by atoms with E-state index in [9.17, 15) is 4.79 Å². The first-order valence-corrected chi connectivity index (χ1v) is 6.40. The van der Waals surface area contributed by atoms with Crippen LogP contribution in [0.5, 0.6) is 0 Å². The van der Waals surface area contributed by atoms with Gasteiger partial charge < -0.3 is 5.11 Å². The zero-order chi connectivity index (χ0) is 13.4. The second-order valence-electron chi connectivity index (χ2n) is 5.12. The summed E-state index contributed by atoms with van der Waals surface area (Å²) in [6, 6.07) is 0. The van der Waals surface area contributed by atoms with Crippen molar-refractivity contribution >= 4 is 5.97 Å². The molecule has 2 heteroatoms. The van der Waals surface area contributed by atoms with Gasteiger partial charge in [-0.1, -0.05) is 37.1 Å². The molecule has 0 aliphatic rings. The summed E-state index contributed by atoms with van der Waals surface area (Å²) in [4.78, 5) is 11.1. The standard InChI is InChI=1S/C15H26O2/c1-6-7-14(15(16)17)10-13(12(4)5)9-8-11(2)3/h8,13-14H,4,6-7,9-10H2,1-3,5H3,(H,16,17). The molecule has 0 aliphatic heterocycles. The third kappa shape index (κ3) is 6.98. The van der Waals surface area contributed by atoms with Gasteiger partial charge in [0.25, 0.3) is 0 Å². The molecule has 2 nitrogen and oxygen atoms in total. The lowest BCUT2D eigenvalue weighted by Gasteiger charge is -2.20. The molecule has 0 bridgehead atoms. The third-order valence-corrected chi connectivity index (χ3v) is 3.06. The Morgan fingerprint density at radius 3 is 2.24 bits per heavy atom. The highest BCUT2D eigenvalue weighted by atomic mass is 16.4. The third-order valence-electron chi connectivity index (χ3n) is 3.06. The molecule has 0 radical (unpaired) electrons. The van der Waals surface area contributed by atoms with E-state index < -0.39 is 5.97 Å². The maximum absolute atomic E-state index is 11.1. The van der Waals surface area contributed by atoms with Gasteiger partial charge in [0.15, 0.2) is 0 Å². The van der Waals surface area contributed by atoms with E-state index in [1.165, 1.54) is 5.57 Å². The van der Waals surface area contributed by atoms with Gasteiger partial charge in [-0.3, -0.25) is 4.79 Å². The predicted molar refractivity (Wildman–Crippen MR) is 73.0 cm³/mol. The number of hydrogen-bond acceptors (Lipinski definition) is 1. The van der Waals surface area contributed by atoms with Gasteiger partial charge >= 0.3 is 5.97 Å². The van der Waals surface area contributed by atoms with Gasteiger partial charge in [-0.25, -0.2) is 0 Å². The van der Waals surface area contributed by atoms with Crippen LogP contribution in [0.4, 0.5) is 0 Å². The lowest BCUT2D eigenvalue weighted by atomic mass is 9.85.